The van der Waals surface area contributed by atoms with Gasteiger partial charge in [-0.25, -0.2) is 0 Å². The molecule has 0 amide bonds. The summed E-state index contributed by atoms with van der Waals surface area (Å²) in [5, 5.41) is 0. The van der Waals surface area contributed by atoms with Crippen LogP contribution in [0.2, 0.25) is 0 Å². The minimum absolute atomic E-state index is 0.541. The average molecular weight is 418 g/mol. The van der Waals surface area contributed by atoms with Crippen molar-refractivity contribution in [1.82, 2.24) is 0 Å². The Balaban J connectivity index is 2.24. The summed E-state index contributed by atoms with van der Waals surface area (Å²) in [6.45, 7) is 0.541. The summed E-state index contributed by atoms with van der Waals surface area (Å²) in [6.07, 6.45) is 0. The van der Waals surface area contributed by atoms with E-state index < -0.39 is 5.60 Å². The molecule has 0 saturated heterocycles. The van der Waals surface area contributed by atoms with Crippen molar-refractivity contribution in [3.8, 4) is 0 Å². The molecule has 3 aromatic rings. The van der Waals surface area contributed by atoms with Gasteiger partial charge in [0.2, 0.25) is 0 Å². The minimum Gasteiger partial charge on any atom is -0.446 e. The number of ether oxygens (including phenoxy) is 1. The first-order valence-corrected chi connectivity index (χ1v) is 10.2. The first-order chi connectivity index (χ1) is 14.8. The normalized spacial score (nSPS) is 11.0. The molecule has 0 radical (unpaired) electrons. The first kappa shape index (κ1) is 22.2. The fourth-order valence-electron chi connectivity index (χ4n) is 3.76. The van der Waals surface area contributed by atoms with Gasteiger partial charge in [-0.2, -0.15) is 0 Å². The quantitative estimate of drug-likeness (QED) is 0.402. The molecule has 162 valence electrons. The van der Waals surface area contributed by atoms with Crippen LogP contribution >= 0.6 is 0 Å². The molecule has 0 aliphatic carbocycles. The van der Waals surface area contributed by atoms with Gasteiger partial charge in [0, 0.05) is 76.0 Å². The summed E-state index contributed by atoms with van der Waals surface area (Å²) < 4.78 is 5.97. The van der Waals surface area contributed by atoms with Crippen LogP contribution in [0.15, 0.2) is 72.8 Å². The molecule has 0 saturated carbocycles. The van der Waals surface area contributed by atoms with Gasteiger partial charge in [-0.15, -0.1) is 0 Å². The maximum Gasteiger partial charge on any atom is 0.294 e. The number of hydrogen-bond acceptors (Lipinski definition) is 5. The third kappa shape index (κ3) is 4.36. The standard InChI is InChI=1S/C26H31N3O2/c1-27(2)23-13-7-20(8-14-23)26(31-19-30,21-9-15-24(16-10-21)28(3)4)22-11-17-25(18-12-22)29(5)6/h7-19H,1-6H3. The zero-order chi connectivity index (χ0) is 22.6. The molecular formula is C26H31N3O2. The fraction of sp³-hybridized carbons (Fsp3) is 0.269. The Kier molecular flexibility index (Phi) is 6.54. The van der Waals surface area contributed by atoms with Gasteiger partial charge in [-0.3, -0.25) is 4.79 Å². The Morgan fingerprint density at radius 3 is 1.00 bits per heavy atom. The van der Waals surface area contributed by atoms with Crippen molar-refractivity contribution >= 4 is 23.5 Å². The van der Waals surface area contributed by atoms with Crippen LogP contribution in [0.4, 0.5) is 17.1 Å². The van der Waals surface area contributed by atoms with E-state index in [4.69, 9.17) is 4.74 Å². The van der Waals surface area contributed by atoms with Gasteiger partial charge in [-0.1, -0.05) is 36.4 Å². The van der Waals surface area contributed by atoms with E-state index >= 15 is 0 Å². The first-order valence-electron chi connectivity index (χ1n) is 10.2. The van der Waals surface area contributed by atoms with E-state index in [1.165, 1.54) is 0 Å². The Bertz CT molecular complexity index is 867. The van der Waals surface area contributed by atoms with Gasteiger partial charge >= 0.3 is 0 Å². The largest absolute Gasteiger partial charge is 0.446 e. The number of nitrogens with zero attached hydrogens (tertiary/aromatic N) is 3. The maximum atomic E-state index is 11.8. The van der Waals surface area contributed by atoms with Gasteiger partial charge in [0.25, 0.3) is 6.47 Å². The summed E-state index contributed by atoms with van der Waals surface area (Å²) in [4.78, 5) is 18.0. The number of carbonyl (C=O) groups is 1. The molecule has 0 N–H and O–H groups in total. The molecule has 0 aromatic heterocycles. The zero-order valence-electron chi connectivity index (χ0n) is 19.2. The van der Waals surface area contributed by atoms with Gasteiger partial charge in [-0.05, 0) is 36.4 Å². The second-order valence-electron chi connectivity index (χ2n) is 8.22. The van der Waals surface area contributed by atoms with E-state index in [-0.39, 0.29) is 0 Å². The number of hydrogen-bond donors (Lipinski definition) is 0. The van der Waals surface area contributed by atoms with Crippen LogP contribution in [0, 0.1) is 0 Å². The highest BCUT2D eigenvalue weighted by molar-refractivity contribution is 5.59. The molecule has 0 atom stereocenters. The third-order valence-corrected chi connectivity index (χ3v) is 5.60. The van der Waals surface area contributed by atoms with Crippen LogP contribution < -0.4 is 14.7 Å². The second-order valence-corrected chi connectivity index (χ2v) is 8.22. The Hall–Kier alpha value is -3.47. The summed E-state index contributed by atoms with van der Waals surface area (Å²) in [5.41, 5.74) is 4.85. The van der Waals surface area contributed by atoms with E-state index in [1.54, 1.807) is 0 Å². The van der Waals surface area contributed by atoms with Crippen molar-refractivity contribution in [2.24, 2.45) is 0 Å². The minimum atomic E-state index is -1.05. The predicted octanol–water partition coefficient (Wildman–Crippen LogP) is 4.35. The van der Waals surface area contributed by atoms with Crippen LogP contribution in [-0.4, -0.2) is 48.8 Å². The molecule has 5 nitrogen and oxygen atoms in total. The van der Waals surface area contributed by atoms with E-state index in [1.807, 2.05) is 130 Å². The average Bonchev–Trinajstić information content (AvgIpc) is 2.78. The zero-order valence-corrected chi connectivity index (χ0v) is 19.2. The van der Waals surface area contributed by atoms with Crippen molar-refractivity contribution in [1.29, 1.82) is 0 Å². The molecule has 0 aliphatic rings. The Morgan fingerprint density at radius 2 is 0.806 bits per heavy atom. The molecule has 0 unspecified atom stereocenters. The SMILES string of the molecule is CN(C)c1ccc(C(OC=O)(c2ccc(N(C)C)cc2)c2ccc(N(C)C)cc2)cc1. The number of carbonyl (C=O) groups excluding carboxylic acids is 1. The van der Waals surface area contributed by atoms with Gasteiger partial charge in [0.15, 0.2) is 5.60 Å². The number of rotatable bonds is 8. The van der Waals surface area contributed by atoms with Crippen LogP contribution in [0.5, 0.6) is 0 Å². The van der Waals surface area contributed by atoms with Crippen molar-refractivity contribution < 1.29 is 9.53 Å². The highest BCUT2D eigenvalue weighted by Crippen LogP contribution is 2.41. The third-order valence-electron chi connectivity index (χ3n) is 5.60. The Labute approximate surface area is 185 Å². The van der Waals surface area contributed by atoms with Gasteiger partial charge in [0.1, 0.15) is 0 Å². The van der Waals surface area contributed by atoms with Crippen LogP contribution in [0.25, 0.3) is 0 Å². The molecular weight excluding hydrogens is 386 g/mol. The highest BCUT2D eigenvalue weighted by Gasteiger charge is 2.39. The lowest BCUT2D eigenvalue weighted by Gasteiger charge is -2.34. The van der Waals surface area contributed by atoms with Gasteiger partial charge < -0.3 is 19.4 Å². The molecule has 0 aliphatic heterocycles. The van der Waals surface area contributed by atoms with Crippen molar-refractivity contribution in [3.63, 3.8) is 0 Å². The molecule has 31 heavy (non-hydrogen) atoms. The van der Waals surface area contributed by atoms with Crippen molar-refractivity contribution in [3.05, 3.63) is 89.5 Å². The molecule has 3 aromatic carbocycles. The fourth-order valence-corrected chi connectivity index (χ4v) is 3.76. The molecule has 3 rings (SSSR count). The summed E-state index contributed by atoms with van der Waals surface area (Å²) in [6, 6.07) is 24.4. The molecule has 5 heteroatoms. The smallest absolute Gasteiger partial charge is 0.294 e. The summed E-state index contributed by atoms with van der Waals surface area (Å²) in [5.74, 6) is 0. The van der Waals surface area contributed by atoms with Crippen LogP contribution in [0.3, 0.4) is 0 Å². The van der Waals surface area contributed by atoms with Crippen LogP contribution in [-0.2, 0) is 15.1 Å². The van der Waals surface area contributed by atoms with Crippen molar-refractivity contribution in [2.45, 2.75) is 5.60 Å². The second kappa shape index (κ2) is 9.13. The van der Waals surface area contributed by atoms with Crippen LogP contribution in [0.1, 0.15) is 16.7 Å². The van der Waals surface area contributed by atoms with Crippen molar-refractivity contribution in [2.75, 3.05) is 57.0 Å². The lowest BCUT2D eigenvalue weighted by atomic mass is 9.79. The lowest BCUT2D eigenvalue weighted by Crippen LogP contribution is -2.32. The maximum absolute atomic E-state index is 11.8. The van der Waals surface area contributed by atoms with E-state index in [9.17, 15) is 4.79 Å². The van der Waals surface area contributed by atoms with E-state index in [0.717, 1.165) is 33.8 Å². The Morgan fingerprint density at radius 1 is 0.548 bits per heavy atom. The number of anilines is 3. The molecule has 0 heterocycles. The molecule has 0 spiro atoms. The van der Waals surface area contributed by atoms with Gasteiger partial charge in [0.05, 0.1) is 0 Å². The lowest BCUT2D eigenvalue weighted by molar-refractivity contribution is -0.137. The topological polar surface area (TPSA) is 36.0 Å². The monoisotopic (exact) mass is 417 g/mol. The molecule has 0 fully saturated rings. The molecule has 0 bridgehead atoms. The predicted molar refractivity (Wildman–Crippen MR) is 129 cm³/mol. The number of benzene rings is 3. The summed E-state index contributed by atoms with van der Waals surface area (Å²) >= 11 is 0. The van der Waals surface area contributed by atoms with E-state index in [0.29, 0.717) is 6.47 Å². The van der Waals surface area contributed by atoms with E-state index in [2.05, 4.69) is 0 Å². The highest BCUT2D eigenvalue weighted by atomic mass is 16.5. The summed E-state index contributed by atoms with van der Waals surface area (Å²) in [7, 11) is 12.0.